The molecule has 8 heteroatoms. The van der Waals surface area contributed by atoms with Gasteiger partial charge in [0.2, 0.25) is 0 Å². The summed E-state index contributed by atoms with van der Waals surface area (Å²) in [7, 11) is 0. The third-order valence-electron chi connectivity index (χ3n) is 4.14. The lowest BCUT2D eigenvalue weighted by molar-refractivity contribution is 0.102. The van der Waals surface area contributed by atoms with Gasteiger partial charge in [-0.3, -0.25) is 10.1 Å². The molecule has 1 N–H and O–H groups in total. The summed E-state index contributed by atoms with van der Waals surface area (Å²) in [6.07, 6.45) is 7.20. The van der Waals surface area contributed by atoms with Gasteiger partial charge < -0.3 is 0 Å². The summed E-state index contributed by atoms with van der Waals surface area (Å²) in [5, 5.41) is 11.9. The molecule has 0 bridgehead atoms. The Hall–Kier alpha value is -2.25. The monoisotopic (exact) mass is 373 g/mol. The topological polar surface area (TPSA) is 72.7 Å². The van der Waals surface area contributed by atoms with Crippen LogP contribution < -0.4 is 5.32 Å². The lowest BCUT2D eigenvalue weighted by Gasteiger charge is -2.01. The molecule has 4 rings (SSSR count). The first-order chi connectivity index (χ1) is 12.2. The molecule has 0 spiro atoms. The van der Waals surface area contributed by atoms with Gasteiger partial charge in [0.25, 0.3) is 5.91 Å². The molecule has 3 aromatic rings. The smallest absolute Gasteiger partial charge is 0.279 e. The van der Waals surface area contributed by atoms with Crippen LogP contribution in [-0.4, -0.2) is 25.9 Å². The van der Waals surface area contributed by atoms with E-state index in [1.807, 2.05) is 18.2 Å². The number of halogens is 1. The van der Waals surface area contributed by atoms with E-state index in [2.05, 4.69) is 20.6 Å². The number of carbonyl (C=O) groups excluding carboxylic acids is 1. The first-order valence-electron chi connectivity index (χ1n) is 8.18. The number of hydrogen-bond donors (Lipinski definition) is 1. The zero-order chi connectivity index (χ0) is 17.2. The molecular weight excluding hydrogens is 358 g/mol. The molecule has 0 unspecified atom stereocenters. The molecule has 25 heavy (non-hydrogen) atoms. The molecule has 1 amide bonds. The number of nitrogens with one attached hydrogen (secondary N) is 1. The van der Waals surface area contributed by atoms with Crippen LogP contribution in [0.15, 0.2) is 30.5 Å². The molecule has 0 fully saturated rings. The number of fused-ring (bicyclic) bond motifs is 1. The number of para-hydroxylation sites is 1. The number of benzene rings is 1. The fraction of sp³-hybridized carbons (Fsp3) is 0.294. The summed E-state index contributed by atoms with van der Waals surface area (Å²) in [5.41, 5.74) is 2.03. The maximum atomic E-state index is 12.4. The van der Waals surface area contributed by atoms with Gasteiger partial charge in [0.15, 0.2) is 10.8 Å². The van der Waals surface area contributed by atoms with Gasteiger partial charge in [-0.2, -0.15) is 0 Å². The Bertz CT molecular complexity index is 896. The van der Waals surface area contributed by atoms with E-state index < -0.39 is 0 Å². The molecular formula is C17H16ClN5OS. The van der Waals surface area contributed by atoms with Gasteiger partial charge in [-0.1, -0.05) is 35.4 Å². The second-order valence-corrected chi connectivity index (χ2v) is 7.39. The number of nitrogens with zero attached hydrogens (tertiary/aromatic N) is 4. The second-order valence-electron chi connectivity index (χ2n) is 5.90. The zero-order valence-corrected chi connectivity index (χ0v) is 15.0. The Kier molecular flexibility index (Phi) is 4.50. The van der Waals surface area contributed by atoms with Gasteiger partial charge >= 0.3 is 0 Å². The number of hydrogen-bond acceptors (Lipinski definition) is 5. The largest absolute Gasteiger partial charge is 0.296 e. The normalized spacial score (nSPS) is 14.0. The Morgan fingerprint density at radius 1 is 1.20 bits per heavy atom. The Morgan fingerprint density at radius 2 is 2.04 bits per heavy atom. The van der Waals surface area contributed by atoms with E-state index in [0.29, 0.717) is 15.8 Å². The maximum Gasteiger partial charge on any atom is 0.279 e. The molecule has 6 nitrogen and oxygen atoms in total. The first-order valence-corrected chi connectivity index (χ1v) is 9.37. The van der Waals surface area contributed by atoms with Crippen LogP contribution in [0.4, 0.5) is 5.13 Å². The SMILES string of the molecule is O=C(Nc1nc2c(s1)CCCCC2)c1cn(-c2ccccc2Cl)nn1. The summed E-state index contributed by atoms with van der Waals surface area (Å²) in [4.78, 5) is 18.3. The van der Waals surface area contributed by atoms with Crippen molar-refractivity contribution < 1.29 is 4.79 Å². The van der Waals surface area contributed by atoms with Crippen molar-refractivity contribution in [3.63, 3.8) is 0 Å². The van der Waals surface area contributed by atoms with E-state index in [9.17, 15) is 4.79 Å². The highest BCUT2D eigenvalue weighted by Gasteiger charge is 2.18. The van der Waals surface area contributed by atoms with Crippen LogP contribution in [0.1, 0.15) is 40.3 Å². The quantitative estimate of drug-likeness (QED) is 0.707. The highest BCUT2D eigenvalue weighted by molar-refractivity contribution is 7.15. The minimum atomic E-state index is -0.317. The van der Waals surface area contributed by atoms with Gasteiger partial charge in [-0.15, -0.1) is 16.4 Å². The van der Waals surface area contributed by atoms with Crippen LogP contribution in [0.25, 0.3) is 5.69 Å². The lowest BCUT2D eigenvalue weighted by atomic mass is 10.2. The van der Waals surface area contributed by atoms with E-state index in [-0.39, 0.29) is 11.6 Å². The summed E-state index contributed by atoms with van der Waals surface area (Å²) in [5.74, 6) is -0.317. The van der Waals surface area contributed by atoms with Crippen molar-refractivity contribution in [2.24, 2.45) is 0 Å². The van der Waals surface area contributed by atoms with Gasteiger partial charge in [0.05, 0.1) is 22.6 Å². The van der Waals surface area contributed by atoms with E-state index in [1.165, 1.54) is 22.4 Å². The van der Waals surface area contributed by atoms with Crippen molar-refractivity contribution in [1.29, 1.82) is 0 Å². The van der Waals surface area contributed by atoms with Gasteiger partial charge in [-0.05, 0) is 37.8 Å². The number of thiazole rings is 1. The molecule has 1 aliphatic carbocycles. The molecule has 0 atom stereocenters. The fourth-order valence-electron chi connectivity index (χ4n) is 2.87. The summed E-state index contributed by atoms with van der Waals surface area (Å²) < 4.78 is 1.49. The lowest BCUT2D eigenvalue weighted by Crippen LogP contribution is -2.12. The van der Waals surface area contributed by atoms with Crippen LogP contribution in [0.3, 0.4) is 0 Å². The summed E-state index contributed by atoms with van der Waals surface area (Å²) in [6, 6.07) is 7.27. The van der Waals surface area contributed by atoms with Crippen molar-refractivity contribution in [1.82, 2.24) is 20.0 Å². The minimum Gasteiger partial charge on any atom is -0.296 e. The van der Waals surface area contributed by atoms with Crippen LogP contribution in [0.5, 0.6) is 0 Å². The van der Waals surface area contributed by atoms with Gasteiger partial charge in [0.1, 0.15) is 0 Å². The van der Waals surface area contributed by atoms with Crippen molar-refractivity contribution in [3.05, 3.63) is 51.7 Å². The molecule has 0 radical (unpaired) electrons. The average Bonchev–Trinajstić information content (AvgIpc) is 3.18. The summed E-state index contributed by atoms with van der Waals surface area (Å²) >= 11 is 7.71. The third kappa shape index (κ3) is 3.43. The first kappa shape index (κ1) is 16.2. The predicted octanol–water partition coefficient (Wildman–Crippen LogP) is 3.90. The molecule has 1 aromatic carbocycles. The summed E-state index contributed by atoms with van der Waals surface area (Å²) in [6.45, 7) is 0. The number of amides is 1. The molecule has 0 saturated heterocycles. The highest BCUT2D eigenvalue weighted by Crippen LogP contribution is 2.29. The standard InChI is InChI=1S/C17H16ClN5OS/c18-11-6-4-5-8-14(11)23-10-13(21-22-23)16(24)20-17-19-12-7-2-1-3-9-15(12)25-17/h4-6,8,10H,1-3,7,9H2,(H,19,20,24). The number of aromatic nitrogens is 4. The van der Waals surface area contributed by atoms with Gasteiger partial charge in [0, 0.05) is 4.88 Å². The van der Waals surface area contributed by atoms with Crippen molar-refractivity contribution in [2.45, 2.75) is 32.1 Å². The second kappa shape index (κ2) is 6.93. The van der Waals surface area contributed by atoms with E-state index in [4.69, 9.17) is 11.6 Å². The van der Waals surface area contributed by atoms with Crippen LogP contribution in [0.2, 0.25) is 5.02 Å². The van der Waals surface area contributed by atoms with E-state index in [0.717, 1.165) is 25.0 Å². The van der Waals surface area contributed by atoms with Crippen LogP contribution in [-0.2, 0) is 12.8 Å². The number of rotatable bonds is 3. The van der Waals surface area contributed by atoms with Crippen LogP contribution >= 0.6 is 22.9 Å². The van der Waals surface area contributed by atoms with E-state index >= 15 is 0 Å². The molecule has 0 aliphatic heterocycles. The Morgan fingerprint density at radius 3 is 2.92 bits per heavy atom. The Balaban J connectivity index is 1.51. The van der Waals surface area contributed by atoms with Gasteiger partial charge in [-0.25, -0.2) is 9.67 Å². The average molecular weight is 374 g/mol. The van der Waals surface area contributed by atoms with Crippen molar-refractivity contribution in [2.75, 3.05) is 5.32 Å². The van der Waals surface area contributed by atoms with Crippen LogP contribution in [0, 0.1) is 0 Å². The number of carbonyl (C=O) groups is 1. The third-order valence-corrected chi connectivity index (χ3v) is 5.53. The van der Waals surface area contributed by atoms with Crippen molar-refractivity contribution in [3.8, 4) is 5.69 Å². The maximum absolute atomic E-state index is 12.4. The molecule has 2 aromatic heterocycles. The molecule has 0 saturated carbocycles. The molecule has 1 aliphatic rings. The van der Waals surface area contributed by atoms with Crippen molar-refractivity contribution >= 4 is 34.0 Å². The predicted molar refractivity (Wildman–Crippen MR) is 97.7 cm³/mol. The Labute approximate surface area is 153 Å². The fourth-order valence-corrected chi connectivity index (χ4v) is 4.13. The molecule has 128 valence electrons. The number of anilines is 1. The zero-order valence-electron chi connectivity index (χ0n) is 13.4. The van der Waals surface area contributed by atoms with E-state index in [1.54, 1.807) is 23.6 Å². The highest BCUT2D eigenvalue weighted by atomic mass is 35.5. The number of aryl methyl sites for hydroxylation is 2. The minimum absolute atomic E-state index is 0.227. The molecule has 2 heterocycles.